The van der Waals surface area contributed by atoms with E-state index in [0.717, 1.165) is 5.82 Å². The highest BCUT2D eigenvalue weighted by molar-refractivity contribution is 6.04. The Kier molecular flexibility index (Phi) is 7.97. The molecule has 10 heteroatoms. The van der Waals surface area contributed by atoms with Crippen molar-refractivity contribution in [3.63, 3.8) is 0 Å². The maximum absolute atomic E-state index is 13.0. The minimum atomic E-state index is -0.280. The molecule has 1 aromatic heterocycles. The second kappa shape index (κ2) is 11.5. The molecule has 37 heavy (non-hydrogen) atoms. The highest BCUT2D eigenvalue weighted by atomic mass is 16.5. The summed E-state index contributed by atoms with van der Waals surface area (Å²) < 4.78 is 21.1. The molecule has 1 aliphatic rings. The lowest BCUT2D eigenvalue weighted by molar-refractivity contribution is 0.0746. The molecular formula is C27H30N4O6. The number of nitrogens with zero attached hydrogens (tertiary/aromatic N) is 3. The first-order chi connectivity index (χ1) is 18.0. The number of methoxy groups -OCH3 is 4. The molecule has 10 nitrogen and oxygen atoms in total. The van der Waals surface area contributed by atoms with E-state index in [1.807, 2.05) is 17.0 Å². The fourth-order valence-electron chi connectivity index (χ4n) is 4.12. The van der Waals surface area contributed by atoms with E-state index < -0.39 is 0 Å². The highest BCUT2D eigenvalue weighted by Crippen LogP contribution is 2.29. The first-order valence-corrected chi connectivity index (χ1v) is 11.7. The summed E-state index contributed by atoms with van der Waals surface area (Å²) in [6, 6.07) is 13.8. The summed E-state index contributed by atoms with van der Waals surface area (Å²) in [7, 11) is 6.17. The van der Waals surface area contributed by atoms with Gasteiger partial charge in [0.15, 0.2) is 23.0 Å². The average Bonchev–Trinajstić information content (AvgIpc) is 2.96. The fraction of sp³-hybridized carbons (Fsp3) is 0.296. The summed E-state index contributed by atoms with van der Waals surface area (Å²) in [5.41, 5.74) is 1.57. The van der Waals surface area contributed by atoms with Gasteiger partial charge >= 0.3 is 0 Å². The quantitative estimate of drug-likeness (QED) is 0.496. The first kappa shape index (κ1) is 25.6. The Hall–Kier alpha value is -4.47. The van der Waals surface area contributed by atoms with Crippen LogP contribution in [0.1, 0.15) is 20.7 Å². The predicted molar refractivity (Wildman–Crippen MR) is 139 cm³/mol. The van der Waals surface area contributed by atoms with Crippen molar-refractivity contribution in [2.75, 3.05) is 64.8 Å². The Labute approximate surface area is 215 Å². The lowest BCUT2D eigenvalue weighted by atomic mass is 10.1. The minimum Gasteiger partial charge on any atom is -0.493 e. The largest absolute Gasteiger partial charge is 0.493 e. The minimum absolute atomic E-state index is 0.0539. The van der Waals surface area contributed by atoms with Crippen molar-refractivity contribution in [1.82, 2.24) is 9.88 Å². The second-order valence-electron chi connectivity index (χ2n) is 8.28. The molecular weight excluding hydrogens is 476 g/mol. The van der Waals surface area contributed by atoms with Gasteiger partial charge in [-0.05, 0) is 48.5 Å². The molecule has 1 N–H and O–H groups in total. The Bertz CT molecular complexity index is 1260. The molecule has 2 aromatic carbocycles. The smallest absolute Gasteiger partial charge is 0.255 e. The van der Waals surface area contributed by atoms with Crippen LogP contribution < -0.4 is 29.2 Å². The van der Waals surface area contributed by atoms with E-state index >= 15 is 0 Å². The number of amides is 2. The topological polar surface area (TPSA) is 102 Å². The molecule has 1 aliphatic heterocycles. The van der Waals surface area contributed by atoms with Crippen molar-refractivity contribution >= 4 is 23.3 Å². The molecule has 2 heterocycles. The van der Waals surface area contributed by atoms with Crippen molar-refractivity contribution < 1.29 is 28.5 Å². The molecule has 194 valence electrons. The van der Waals surface area contributed by atoms with Crippen LogP contribution in [-0.4, -0.2) is 76.3 Å². The summed E-state index contributed by atoms with van der Waals surface area (Å²) in [5.74, 6) is 2.58. The summed E-state index contributed by atoms with van der Waals surface area (Å²) in [5, 5.41) is 2.85. The summed E-state index contributed by atoms with van der Waals surface area (Å²) in [6.45, 7) is 2.41. The van der Waals surface area contributed by atoms with E-state index in [4.69, 9.17) is 18.9 Å². The number of hydrogen-bond donors (Lipinski definition) is 1. The SMILES string of the molecule is COc1ccc(C(=O)Nc2ccc(N3CCN(C(=O)c4ccc(OC)c(OC)c4)CC3)nc2)cc1OC. The molecule has 1 fully saturated rings. The zero-order chi connectivity index (χ0) is 26.4. The highest BCUT2D eigenvalue weighted by Gasteiger charge is 2.24. The van der Waals surface area contributed by atoms with Crippen LogP contribution in [0.4, 0.5) is 11.5 Å². The zero-order valence-electron chi connectivity index (χ0n) is 21.3. The number of hydrogen-bond acceptors (Lipinski definition) is 8. The third kappa shape index (κ3) is 5.69. The standard InChI is InChI=1S/C27H30N4O6/c1-34-21-8-5-18(15-23(21)36-3)26(32)29-20-7-10-25(28-17-20)30-11-13-31(14-12-30)27(33)19-6-9-22(35-2)24(16-19)37-4/h5-10,15-17H,11-14H2,1-4H3,(H,29,32). The van der Waals surface area contributed by atoms with Gasteiger partial charge in [-0.15, -0.1) is 0 Å². The Morgan fingerprint density at radius 3 is 1.84 bits per heavy atom. The normalized spacial score (nSPS) is 13.1. The zero-order valence-corrected chi connectivity index (χ0v) is 21.3. The van der Waals surface area contributed by atoms with Crippen LogP contribution in [0.3, 0.4) is 0 Å². The van der Waals surface area contributed by atoms with E-state index in [2.05, 4.69) is 15.2 Å². The summed E-state index contributed by atoms with van der Waals surface area (Å²) >= 11 is 0. The van der Waals surface area contributed by atoms with Gasteiger partial charge in [0.05, 0.1) is 40.3 Å². The monoisotopic (exact) mass is 506 g/mol. The Morgan fingerprint density at radius 1 is 0.730 bits per heavy atom. The third-order valence-electron chi connectivity index (χ3n) is 6.17. The van der Waals surface area contributed by atoms with Gasteiger partial charge in [0.25, 0.3) is 11.8 Å². The van der Waals surface area contributed by atoms with Crippen LogP contribution in [0.25, 0.3) is 0 Å². The average molecular weight is 507 g/mol. The molecule has 0 bridgehead atoms. The molecule has 3 aromatic rings. The van der Waals surface area contributed by atoms with E-state index in [0.29, 0.717) is 66.0 Å². The van der Waals surface area contributed by atoms with Crippen molar-refractivity contribution in [3.8, 4) is 23.0 Å². The van der Waals surface area contributed by atoms with Gasteiger partial charge in [-0.3, -0.25) is 9.59 Å². The van der Waals surface area contributed by atoms with E-state index in [9.17, 15) is 9.59 Å². The van der Waals surface area contributed by atoms with E-state index in [-0.39, 0.29) is 11.8 Å². The number of carbonyl (C=O) groups is 2. The van der Waals surface area contributed by atoms with Gasteiger partial charge in [0.1, 0.15) is 5.82 Å². The first-order valence-electron chi connectivity index (χ1n) is 11.7. The number of piperazine rings is 1. The summed E-state index contributed by atoms with van der Waals surface area (Å²) in [6.07, 6.45) is 1.62. The molecule has 2 amide bonds. The molecule has 0 atom stereocenters. The van der Waals surface area contributed by atoms with E-state index in [1.54, 1.807) is 63.9 Å². The number of anilines is 2. The van der Waals surface area contributed by atoms with E-state index in [1.165, 1.54) is 7.11 Å². The third-order valence-corrected chi connectivity index (χ3v) is 6.17. The van der Waals surface area contributed by atoms with Gasteiger partial charge in [-0.1, -0.05) is 0 Å². The molecule has 1 saturated heterocycles. The maximum Gasteiger partial charge on any atom is 0.255 e. The lowest BCUT2D eigenvalue weighted by Crippen LogP contribution is -2.49. The number of carbonyl (C=O) groups excluding carboxylic acids is 2. The lowest BCUT2D eigenvalue weighted by Gasteiger charge is -2.35. The molecule has 0 radical (unpaired) electrons. The van der Waals surface area contributed by atoms with Crippen molar-refractivity contribution in [3.05, 3.63) is 65.9 Å². The number of aromatic nitrogens is 1. The molecule has 0 spiro atoms. The van der Waals surface area contributed by atoms with Crippen LogP contribution in [-0.2, 0) is 0 Å². The Balaban J connectivity index is 1.34. The Morgan fingerprint density at radius 2 is 1.30 bits per heavy atom. The van der Waals surface area contributed by atoms with Crippen LogP contribution >= 0.6 is 0 Å². The van der Waals surface area contributed by atoms with Crippen LogP contribution in [0.2, 0.25) is 0 Å². The molecule has 0 aliphatic carbocycles. The van der Waals surface area contributed by atoms with Gasteiger partial charge in [-0.25, -0.2) is 4.98 Å². The van der Waals surface area contributed by atoms with Crippen LogP contribution in [0, 0.1) is 0 Å². The number of nitrogens with one attached hydrogen (secondary N) is 1. The molecule has 0 unspecified atom stereocenters. The summed E-state index contributed by atoms with van der Waals surface area (Å²) in [4.78, 5) is 34.1. The van der Waals surface area contributed by atoms with Crippen LogP contribution in [0.15, 0.2) is 54.7 Å². The maximum atomic E-state index is 13.0. The van der Waals surface area contributed by atoms with Crippen molar-refractivity contribution in [2.24, 2.45) is 0 Å². The van der Waals surface area contributed by atoms with Gasteiger partial charge < -0.3 is 34.1 Å². The van der Waals surface area contributed by atoms with Gasteiger partial charge in [0, 0.05) is 37.3 Å². The van der Waals surface area contributed by atoms with Crippen LogP contribution in [0.5, 0.6) is 23.0 Å². The van der Waals surface area contributed by atoms with Gasteiger partial charge in [-0.2, -0.15) is 0 Å². The van der Waals surface area contributed by atoms with Gasteiger partial charge in [0.2, 0.25) is 0 Å². The van der Waals surface area contributed by atoms with Crippen molar-refractivity contribution in [2.45, 2.75) is 0 Å². The second-order valence-corrected chi connectivity index (χ2v) is 8.28. The number of ether oxygens (including phenoxy) is 4. The number of pyridine rings is 1. The predicted octanol–water partition coefficient (Wildman–Crippen LogP) is 3.33. The number of benzene rings is 2. The number of rotatable bonds is 8. The molecule has 0 saturated carbocycles. The molecule has 4 rings (SSSR count). The fourth-order valence-corrected chi connectivity index (χ4v) is 4.12. The van der Waals surface area contributed by atoms with Crippen molar-refractivity contribution in [1.29, 1.82) is 0 Å².